The van der Waals surface area contributed by atoms with Gasteiger partial charge in [-0.15, -0.1) is 12.4 Å². The molecule has 1 heterocycles. The van der Waals surface area contributed by atoms with Crippen molar-refractivity contribution in [2.24, 2.45) is 0 Å². The van der Waals surface area contributed by atoms with Crippen LogP contribution in [0.15, 0.2) is 18.2 Å². The summed E-state index contributed by atoms with van der Waals surface area (Å²) in [5, 5.41) is 16.0. The first kappa shape index (κ1) is 22.9. The number of alkyl halides is 3. The van der Waals surface area contributed by atoms with Crippen molar-refractivity contribution in [3.05, 3.63) is 33.9 Å². The smallest absolute Gasteiger partial charge is 0.405 e. The van der Waals surface area contributed by atoms with Gasteiger partial charge in [0.25, 0.3) is 11.6 Å². The van der Waals surface area contributed by atoms with Gasteiger partial charge in [0.2, 0.25) is 0 Å². The maximum atomic E-state index is 13.3. The van der Waals surface area contributed by atoms with Crippen molar-refractivity contribution in [2.75, 3.05) is 39.8 Å². The number of nitrogens with zero attached hydrogens (tertiary/aromatic N) is 2. The zero-order valence-corrected chi connectivity index (χ0v) is 15.2. The summed E-state index contributed by atoms with van der Waals surface area (Å²) in [6, 6.07) is 1.51. The Morgan fingerprint density at radius 3 is 2.56 bits per heavy atom. The SMILES string of the molecule is COc1ccc([N+](=O)[O-])cc1C(=O)NCC(N1CCNCC1)C(F)(F)F.Cl. The molecule has 2 rings (SSSR count). The minimum Gasteiger partial charge on any atom is -0.496 e. The fourth-order valence-corrected chi connectivity index (χ4v) is 2.72. The van der Waals surface area contributed by atoms with Gasteiger partial charge in [-0.25, -0.2) is 0 Å². The first-order valence-corrected chi connectivity index (χ1v) is 7.86. The van der Waals surface area contributed by atoms with E-state index in [1.54, 1.807) is 0 Å². The summed E-state index contributed by atoms with van der Waals surface area (Å²) in [4.78, 5) is 23.7. The Morgan fingerprint density at radius 2 is 2.04 bits per heavy atom. The van der Waals surface area contributed by atoms with Gasteiger partial charge in [-0.05, 0) is 6.07 Å². The molecule has 1 saturated heterocycles. The molecule has 1 aromatic carbocycles. The minimum absolute atomic E-state index is 0. The summed E-state index contributed by atoms with van der Waals surface area (Å²) in [6.07, 6.45) is -4.52. The minimum atomic E-state index is -4.52. The second-order valence-corrected chi connectivity index (χ2v) is 5.70. The lowest BCUT2D eigenvalue weighted by Crippen LogP contribution is -2.57. The molecule has 0 saturated carbocycles. The van der Waals surface area contributed by atoms with Crippen molar-refractivity contribution in [3.63, 3.8) is 0 Å². The Hall–Kier alpha value is -2.11. The normalized spacial score (nSPS) is 16.1. The van der Waals surface area contributed by atoms with Crippen molar-refractivity contribution >= 4 is 24.0 Å². The number of nitro benzene ring substituents is 1. The Labute approximate surface area is 159 Å². The molecule has 8 nitrogen and oxygen atoms in total. The van der Waals surface area contributed by atoms with E-state index in [0.717, 1.165) is 12.1 Å². The van der Waals surface area contributed by atoms with Crippen molar-refractivity contribution in [3.8, 4) is 5.75 Å². The Morgan fingerprint density at radius 1 is 1.41 bits per heavy atom. The van der Waals surface area contributed by atoms with Crippen LogP contribution in [-0.4, -0.2) is 67.8 Å². The summed E-state index contributed by atoms with van der Waals surface area (Å²) in [5.41, 5.74) is -0.548. The molecule has 1 atom stereocenters. The Bertz CT molecular complexity index is 669. The molecule has 152 valence electrons. The summed E-state index contributed by atoms with van der Waals surface area (Å²) in [5.74, 6) is -0.825. The molecule has 12 heteroatoms. The van der Waals surface area contributed by atoms with E-state index in [0.29, 0.717) is 13.1 Å². The monoisotopic (exact) mass is 412 g/mol. The number of benzene rings is 1. The molecule has 1 aliphatic rings. The van der Waals surface area contributed by atoms with Crippen molar-refractivity contribution in [1.29, 1.82) is 0 Å². The van der Waals surface area contributed by atoms with Gasteiger partial charge in [0.1, 0.15) is 11.8 Å². The van der Waals surface area contributed by atoms with Crippen molar-refractivity contribution in [2.45, 2.75) is 12.2 Å². The second kappa shape index (κ2) is 9.72. The highest BCUT2D eigenvalue weighted by molar-refractivity contribution is 5.97. The van der Waals surface area contributed by atoms with E-state index in [2.05, 4.69) is 10.6 Å². The van der Waals surface area contributed by atoms with E-state index in [1.807, 2.05) is 0 Å². The van der Waals surface area contributed by atoms with Crippen LogP contribution >= 0.6 is 12.4 Å². The molecule has 0 spiro atoms. The van der Waals surface area contributed by atoms with Gasteiger partial charge < -0.3 is 15.4 Å². The van der Waals surface area contributed by atoms with Gasteiger partial charge >= 0.3 is 6.18 Å². The molecule has 1 unspecified atom stereocenters. The predicted molar refractivity (Wildman–Crippen MR) is 93.5 cm³/mol. The lowest BCUT2D eigenvalue weighted by molar-refractivity contribution is -0.384. The first-order valence-electron chi connectivity index (χ1n) is 7.86. The number of rotatable bonds is 6. The number of carbonyl (C=O) groups excluding carboxylic acids is 1. The van der Waals surface area contributed by atoms with Crippen LogP contribution in [0.25, 0.3) is 0 Å². The van der Waals surface area contributed by atoms with Gasteiger partial charge in [-0.2, -0.15) is 13.2 Å². The number of hydrogen-bond donors (Lipinski definition) is 2. The number of nitro groups is 1. The average Bonchev–Trinajstić information content (AvgIpc) is 2.60. The molecule has 27 heavy (non-hydrogen) atoms. The Balaban J connectivity index is 0.00000364. The van der Waals surface area contributed by atoms with Crippen molar-refractivity contribution < 1.29 is 27.6 Å². The highest BCUT2D eigenvalue weighted by Gasteiger charge is 2.43. The van der Waals surface area contributed by atoms with E-state index < -0.39 is 29.6 Å². The van der Waals surface area contributed by atoms with Gasteiger partial charge in [0.15, 0.2) is 0 Å². The standard InChI is InChI=1S/C15H19F3N4O4.ClH/c1-26-12-3-2-10(22(24)25)8-11(12)14(23)20-9-13(15(16,17)18)21-6-4-19-5-7-21;/h2-3,8,13,19H,4-7,9H2,1H3,(H,20,23);1H. The molecular formula is C15H20ClF3N4O4. The zero-order chi connectivity index (χ0) is 19.3. The van der Waals surface area contributed by atoms with Crippen LogP contribution in [0.1, 0.15) is 10.4 Å². The number of piperazine rings is 1. The van der Waals surface area contributed by atoms with E-state index in [1.165, 1.54) is 18.1 Å². The molecular weight excluding hydrogens is 393 g/mol. The molecule has 1 aromatic rings. The van der Waals surface area contributed by atoms with Crippen LogP contribution in [0.2, 0.25) is 0 Å². The number of non-ortho nitro benzene ring substituents is 1. The van der Waals surface area contributed by atoms with Crippen LogP contribution in [-0.2, 0) is 0 Å². The maximum absolute atomic E-state index is 13.3. The number of nitrogens with one attached hydrogen (secondary N) is 2. The Kier molecular flexibility index (Phi) is 8.25. The molecule has 1 fully saturated rings. The number of methoxy groups -OCH3 is 1. The maximum Gasteiger partial charge on any atom is 0.405 e. The zero-order valence-electron chi connectivity index (χ0n) is 14.4. The quantitative estimate of drug-likeness (QED) is 0.544. The van der Waals surface area contributed by atoms with Gasteiger partial charge in [-0.3, -0.25) is 19.8 Å². The number of ether oxygens (including phenoxy) is 1. The lowest BCUT2D eigenvalue weighted by atomic mass is 10.1. The molecule has 0 radical (unpaired) electrons. The topological polar surface area (TPSA) is 96.7 Å². The van der Waals surface area contributed by atoms with Crippen LogP contribution in [0.3, 0.4) is 0 Å². The highest BCUT2D eigenvalue weighted by atomic mass is 35.5. The lowest BCUT2D eigenvalue weighted by Gasteiger charge is -2.35. The van der Waals surface area contributed by atoms with Gasteiger partial charge in [-0.1, -0.05) is 0 Å². The van der Waals surface area contributed by atoms with E-state index in [4.69, 9.17) is 4.74 Å². The summed E-state index contributed by atoms with van der Waals surface area (Å²) >= 11 is 0. The molecule has 1 aliphatic heterocycles. The average molecular weight is 413 g/mol. The largest absolute Gasteiger partial charge is 0.496 e. The number of amides is 1. The third-order valence-electron chi connectivity index (χ3n) is 4.06. The summed E-state index contributed by atoms with van der Waals surface area (Å²) in [6.45, 7) is 0.618. The fourth-order valence-electron chi connectivity index (χ4n) is 2.72. The summed E-state index contributed by atoms with van der Waals surface area (Å²) in [7, 11) is 1.26. The molecule has 0 aliphatic carbocycles. The van der Waals surface area contributed by atoms with Crippen LogP contribution in [0, 0.1) is 10.1 Å². The van der Waals surface area contributed by atoms with Crippen LogP contribution < -0.4 is 15.4 Å². The van der Waals surface area contributed by atoms with Crippen molar-refractivity contribution in [1.82, 2.24) is 15.5 Å². The molecule has 2 N–H and O–H groups in total. The third-order valence-corrected chi connectivity index (χ3v) is 4.06. The van der Waals surface area contributed by atoms with E-state index in [-0.39, 0.29) is 42.5 Å². The van der Waals surface area contributed by atoms with Crippen LogP contribution in [0.4, 0.5) is 18.9 Å². The molecule has 0 bridgehead atoms. The van der Waals surface area contributed by atoms with Gasteiger partial charge in [0.05, 0.1) is 17.6 Å². The first-order chi connectivity index (χ1) is 12.2. The van der Waals surface area contributed by atoms with E-state index in [9.17, 15) is 28.1 Å². The third kappa shape index (κ3) is 5.94. The van der Waals surface area contributed by atoms with Gasteiger partial charge in [0, 0.05) is 44.9 Å². The second-order valence-electron chi connectivity index (χ2n) is 5.70. The van der Waals surface area contributed by atoms with E-state index >= 15 is 0 Å². The highest BCUT2D eigenvalue weighted by Crippen LogP contribution is 2.26. The molecule has 1 amide bonds. The summed E-state index contributed by atoms with van der Waals surface area (Å²) < 4.78 is 45.0. The number of hydrogen-bond acceptors (Lipinski definition) is 6. The fraction of sp³-hybridized carbons (Fsp3) is 0.533. The predicted octanol–water partition coefficient (Wildman–Crippen LogP) is 1.59. The number of carbonyl (C=O) groups is 1. The molecule has 0 aromatic heterocycles. The number of halogens is 4. The van der Waals surface area contributed by atoms with Crippen LogP contribution in [0.5, 0.6) is 5.75 Å².